The first kappa shape index (κ1) is 17.6. The molecule has 1 aliphatic rings. The lowest BCUT2D eigenvalue weighted by Gasteiger charge is -2.18. The minimum absolute atomic E-state index is 0.101. The summed E-state index contributed by atoms with van der Waals surface area (Å²) in [6, 6.07) is 13.5. The van der Waals surface area contributed by atoms with Crippen molar-refractivity contribution in [1.82, 2.24) is 0 Å². The molecule has 1 heterocycles. The number of carbonyl (C=O) groups is 2. The van der Waals surface area contributed by atoms with Crippen LogP contribution in [-0.4, -0.2) is 19.0 Å². The predicted octanol–water partition coefficient (Wildman–Crippen LogP) is 4.01. The Morgan fingerprint density at radius 1 is 1.08 bits per heavy atom. The number of benzene rings is 2. The van der Waals surface area contributed by atoms with Crippen molar-refractivity contribution in [2.75, 3.05) is 12.0 Å². The third-order valence-corrected chi connectivity index (χ3v) is 4.27. The average Bonchev–Trinajstić information content (AvgIpc) is 2.87. The van der Waals surface area contributed by atoms with Crippen LogP contribution in [0.3, 0.4) is 0 Å². The monoisotopic (exact) mass is 351 g/mol. The van der Waals surface area contributed by atoms with Crippen LogP contribution in [0.1, 0.15) is 18.1 Å². The van der Waals surface area contributed by atoms with Gasteiger partial charge in [-0.2, -0.15) is 0 Å². The number of methoxy groups -OCH3 is 1. The summed E-state index contributed by atoms with van der Waals surface area (Å²) in [5.41, 5.74) is 2.61. The van der Waals surface area contributed by atoms with Gasteiger partial charge >= 0.3 is 5.97 Å². The minimum Gasteiger partial charge on any atom is -0.465 e. The maximum atomic E-state index is 14.2. The highest BCUT2D eigenvalue weighted by atomic mass is 19.1. The maximum absolute atomic E-state index is 14.2. The van der Waals surface area contributed by atoms with Gasteiger partial charge < -0.3 is 4.74 Å². The van der Waals surface area contributed by atoms with Crippen molar-refractivity contribution in [1.29, 1.82) is 0 Å². The molecule has 0 unspecified atom stereocenters. The quantitative estimate of drug-likeness (QED) is 0.620. The number of allylic oxidation sites excluding steroid dienone is 1. The van der Waals surface area contributed by atoms with Crippen LogP contribution in [0.25, 0.3) is 6.08 Å². The van der Waals surface area contributed by atoms with E-state index in [0.717, 1.165) is 11.1 Å². The van der Waals surface area contributed by atoms with E-state index < -0.39 is 17.7 Å². The van der Waals surface area contributed by atoms with E-state index in [1.54, 1.807) is 25.1 Å². The number of aryl methyl sites for hydroxylation is 1. The molecule has 5 heteroatoms. The second-order valence-electron chi connectivity index (χ2n) is 6.01. The summed E-state index contributed by atoms with van der Waals surface area (Å²) in [4.78, 5) is 26.5. The average molecular weight is 351 g/mol. The van der Waals surface area contributed by atoms with E-state index >= 15 is 0 Å². The zero-order valence-corrected chi connectivity index (χ0v) is 14.7. The third-order valence-electron chi connectivity index (χ3n) is 4.27. The van der Waals surface area contributed by atoms with E-state index in [4.69, 9.17) is 4.74 Å². The highest BCUT2D eigenvalue weighted by Gasteiger charge is 2.38. The molecule has 26 heavy (non-hydrogen) atoms. The van der Waals surface area contributed by atoms with Gasteiger partial charge in [-0.15, -0.1) is 0 Å². The fourth-order valence-electron chi connectivity index (χ4n) is 2.93. The first-order chi connectivity index (χ1) is 12.4. The zero-order valence-electron chi connectivity index (χ0n) is 14.7. The number of hydrogen-bond acceptors (Lipinski definition) is 3. The summed E-state index contributed by atoms with van der Waals surface area (Å²) in [7, 11) is 1.25. The zero-order chi connectivity index (χ0) is 18.8. The molecule has 4 nitrogen and oxygen atoms in total. The predicted molar refractivity (Wildman–Crippen MR) is 97.8 cm³/mol. The number of amides is 1. The first-order valence-corrected chi connectivity index (χ1v) is 8.11. The lowest BCUT2D eigenvalue weighted by molar-refractivity contribution is -0.136. The van der Waals surface area contributed by atoms with E-state index in [2.05, 4.69) is 0 Å². The first-order valence-electron chi connectivity index (χ1n) is 8.11. The number of carbonyl (C=O) groups excluding carboxylic acids is 2. The molecule has 1 aliphatic heterocycles. The SMILES string of the molecule is COC(=O)C1=C(C)N(c2ccccc2F)C(=O)/C1=C\c1ccc(C)cc1. The molecule has 2 aromatic carbocycles. The van der Waals surface area contributed by atoms with Crippen LogP contribution in [0.2, 0.25) is 0 Å². The minimum atomic E-state index is -0.631. The van der Waals surface area contributed by atoms with Gasteiger partial charge in [-0.3, -0.25) is 9.69 Å². The van der Waals surface area contributed by atoms with Gasteiger partial charge in [0.05, 0.1) is 23.9 Å². The molecule has 0 saturated heterocycles. The van der Waals surface area contributed by atoms with Gasteiger partial charge in [0.1, 0.15) is 5.82 Å². The summed E-state index contributed by atoms with van der Waals surface area (Å²) in [6.07, 6.45) is 1.62. The van der Waals surface area contributed by atoms with Crippen molar-refractivity contribution in [2.45, 2.75) is 13.8 Å². The van der Waals surface area contributed by atoms with E-state index in [1.807, 2.05) is 31.2 Å². The molecular weight excluding hydrogens is 333 g/mol. The van der Waals surface area contributed by atoms with Crippen molar-refractivity contribution < 1.29 is 18.7 Å². The summed E-state index contributed by atoms with van der Waals surface area (Å²) in [5.74, 6) is -1.64. The highest BCUT2D eigenvalue weighted by Crippen LogP contribution is 2.36. The Bertz CT molecular complexity index is 942. The van der Waals surface area contributed by atoms with Crippen LogP contribution in [0.15, 0.2) is 65.4 Å². The maximum Gasteiger partial charge on any atom is 0.340 e. The van der Waals surface area contributed by atoms with Gasteiger partial charge in [-0.05, 0) is 37.6 Å². The van der Waals surface area contributed by atoms with E-state index in [1.165, 1.54) is 24.1 Å². The molecule has 132 valence electrons. The summed E-state index contributed by atoms with van der Waals surface area (Å²) >= 11 is 0. The number of ether oxygens (including phenoxy) is 1. The number of anilines is 1. The summed E-state index contributed by atoms with van der Waals surface area (Å²) < 4.78 is 19.1. The van der Waals surface area contributed by atoms with E-state index in [0.29, 0.717) is 5.70 Å². The van der Waals surface area contributed by atoms with Crippen molar-refractivity contribution >= 4 is 23.6 Å². The molecular formula is C21H18FNO3. The molecule has 3 rings (SSSR count). The molecule has 0 saturated carbocycles. The van der Waals surface area contributed by atoms with E-state index in [9.17, 15) is 14.0 Å². The molecule has 0 aromatic heterocycles. The Kier molecular flexibility index (Phi) is 4.71. The number of nitrogens with zero attached hydrogens (tertiary/aromatic N) is 1. The van der Waals surface area contributed by atoms with Gasteiger partial charge in [-0.25, -0.2) is 9.18 Å². The number of para-hydroxylation sites is 1. The van der Waals surface area contributed by atoms with Crippen molar-refractivity contribution in [3.63, 3.8) is 0 Å². The largest absolute Gasteiger partial charge is 0.465 e. The van der Waals surface area contributed by atoms with Gasteiger partial charge in [0.15, 0.2) is 0 Å². The normalized spacial score (nSPS) is 15.8. The number of halogens is 1. The molecule has 0 radical (unpaired) electrons. The lowest BCUT2D eigenvalue weighted by Crippen LogP contribution is -2.25. The van der Waals surface area contributed by atoms with Crippen molar-refractivity contribution in [3.8, 4) is 0 Å². The molecule has 0 bridgehead atoms. The van der Waals surface area contributed by atoms with Gasteiger partial charge in [0, 0.05) is 5.70 Å². The van der Waals surface area contributed by atoms with Gasteiger partial charge in [0.25, 0.3) is 5.91 Å². The fraction of sp³-hybridized carbons (Fsp3) is 0.143. The molecule has 1 amide bonds. The van der Waals surface area contributed by atoms with Crippen molar-refractivity contribution in [3.05, 3.63) is 82.3 Å². The number of hydrogen-bond donors (Lipinski definition) is 0. The van der Waals surface area contributed by atoms with Crippen LogP contribution in [-0.2, 0) is 14.3 Å². The molecule has 0 spiro atoms. The second kappa shape index (κ2) is 6.96. The third kappa shape index (κ3) is 3.04. The Hall–Kier alpha value is -3.21. The highest BCUT2D eigenvalue weighted by molar-refractivity contribution is 6.23. The lowest BCUT2D eigenvalue weighted by atomic mass is 10.0. The van der Waals surface area contributed by atoms with Crippen LogP contribution in [0.4, 0.5) is 10.1 Å². The molecule has 0 fully saturated rings. The second-order valence-corrected chi connectivity index (χ2v) is 6.01. The van der Waals surface area contributed by atoms with Crippen LogP contribution < -0.4 is 4.90 Å². The number of esters is 1. The van der Waals surface area contributed by atoms with Crippen molar-refractivity contribution in [2.24, 2.45) is 0 Å². The van der Waals surface area contributed by atoms with Crippen LogP contribution >= 0.6 is 0 Å². The summed E-state index contributed by atoms with van der Waals surface area (Å²) in [5, 5.41) is 0. The van der Waals surface area contributed by atoms with Gasteiger partial charge in [0.2, 0.25) is 0 Å². The summed E-state index contributed by atoms with van der Waals surface area (Å²) in [6.45, 7) is 3.56. The Balaban J connectivity index is 2.16. The molecule has 2 aromatic rings. The fourth-order valence-corrected chi connectivity index (χ4v) is 2.93. The molecule has 0 aliphatic carbocycles. The Morgan fingerprint density at radius 2 is 1.73 bits per heavy atom. The number of rotatable bonds is 3. The van der Waals surface area contributed by atoms with E-state index in [-0.39, 0.29) is 16.8 Å². The Labute approximate surface area is 151 Å². The smallest absolute Gasteiger partial charge is 0.340 e. The van der Waals surface area contributed by atoms with Crippen LogP contribution in [0.5, 0.6) is 0 Å². The van der Waals surface area contributed by atoms with Crippen LogP contribution in [0, 0.1) is 12.7 Å². The molecule has 0 atom stereocenters. The van der Waals surface area contributed by atoms with Gasteiger partial charge in [-0.1, -0.05) is 42.0 Å². The standard InChI is InChI=1S/C21H18FNO3/c1-13-8-10-15(11-9-13)12-16-19(21(25)26-3)14(2)23(20(16)24)18-7-5-4-6-17(18)22/h4-12H,1-3H3/b16-12-. The Morgan fingerprint density at radius 3 is 2.35 bits per heavy atom. The molecule has 0 N–H and O–H groups in total. The topological polar surface area (TPSA) is 46.6 Å².